The average molecular weight is 409 g/mol. The van der Waals surface area contributed by atoms with Gasteiger partial charge in [-0.2, -0.15) is 13.2 Å². The van der Waals surface area contributed by atoms with E-state index in [2.05, 4.69) is 5.32 Å². The van der Waals surface area contributed by atoms with Crippen LogP contribution in [0.3, 0.4) is 0 Å². The van der Waals surface area contributed by atoms with Gasteiger partial charge in [0.15, 0.2) is 6.61 Å². The Hall–Kier alpha value is -3.36. The van der Waals surface area contributed by atoms with Crippen LogP contribution in [0.4, 0.5) is 18.9 Å². The summed E-state index contributed by atoms with van der Waals surface area (Å²) in [7, 11) is 0. The van der Waals surface area contributed by atoms with Gasteiger partial charge in [0, 0.05) is 5.56 Å². The molecule has 1 N–H and O–H groups in total. The molecule has 0 spiro atoms. The zero-order valence-corrected chi connectivity index (χ0v) is 15.4. The SMILES string of the molecule is CCCOc1ccc(C(F)(F)F)cc1NC(=O)COC(=O)c1ccc(C=O)cc1. The van der Waals surface area contributed by atoms with E-state index in [1.807, 2.05) is 6.92 Å². The number of alkyl halides is 3. The van der Waals surface area contributed by atoms with E-state index in [9.17, 15) is 27.6 Å². The minimum absolute atomic E-state index is 0.0731. The summed E-state index contributed by atoms with van der Waals surface area (Å²) in [6, 6.07) is 8.25. The number of benzene rings is 2. The van der Waals surface area contributed by atoms with Crippen LogP contribution in [-0.4, -0.2) is 31.4 Å². The second-order valence-corrected chi connectivity index (χ2v) is 5.92. The summed E-state index contributed by atoms with van der Waals surface area (Å²) in [6.45, 7) is 1.36. The van der Waals surface area contributed by atoms with Gasteiger partial charge in [0.05, 0.1) is 23.4 Å². The third-order valence-corrected chi connectivity index (χ3v) is 3.66. The van der Waals surface area contributed by atoms with E-state index in [1.165, 1.54) is 24.3 Å². The van der Waals surface area contributed by atoms with Crippen molar-refractivity contribution in [2.24, 2.45) is 0 Å². The Morgan fingerprint density at radius 3 is 2.38 bits per heavy atom. The number of ether oxygens (including phenoxy) is 2. The number of amides is 1. The Labute approximate surface area is 164 Å². The monoisotopic (exact) mass is 409 g/mol. The zero-order chi connectivity index (χ0) is 21.4. The average Bonchev–Trinajstić information content (AvgIpc) is 2.70. The van der Waals surface area contributed by atoms with Gasteiger partial charge in [0.25, 0.3) is 5.91 Å². The highest BCUT2D eigenvalue weighted by Crippen LogP contribution is 2.35. The molecule has 2 aromatic carbocycles. The smallest absolute Gasteiger partial charge is 0.416 e. The van der Waals surface area contributed by atoms with Crippen LogP contribution in [0.1, 0.15) is 39.6 Å². The van der Waals surface area contributed by atoms with Gasteiger partial charge in [0.2, 0.25) is 0 Å². The fraction of sp³-hybridized carbons (Fsp3) is 0.250. The van der Waals surface area contributed by atoms with Crippen LogP contribution in [0.2, 0.25) is 0 Å². The summed E-state index contributed by atoms with van der Waals surface area (Å²) in [4.78, 5) is 34.6. The van der Waals surface area contributed by atoms with Crippen LogP contribution in [-0.2, 0) is 15.7 Å². The van der Waals surface area contributed by atoms with Crippen LogP contribution in [0.15, 0.2) is 42.5 Å². The topological polar surface area (TPSA) is 81.7 Å². The fourth-order valence-electron chi connectivity index (χ4n) is 2.24. The van der Waals surface area contributed by atoms with Crippen molar-refractivity contribution in [1.82, 2.24) is 0 Å². The number of nitrogens with one attached hydrogen (secondary N) is 1. The Morgan fingerprint density at radius 1 is 1.10 bits per heavy atom. The first kappa shape index (κ1) is 21.9. The molecule has 2 aromatic rings. The summed E-state index contributed by atoms with van der Waals surface area (Å²) in [5, 5.41) is 2.27. The Bertz CT molecular complexity index is 879. The van der Waals surface area contributed by atoms with Crippen molar-refractivity contribution < 1.29 is 37.0 Å². The minimum atomic E-state index is -4.59. The normalized spacial score (nSPS) is 10.9. The molecule has 1 amide bonds. The van der Waals surface area contributed by atoms with E-state index in [1.54, 1.807) is 0 Å². The van der Waals surface area contributed by atoms with Crippen molar-refractivity contribution in [3.8, 4) is 5.75 Å². The molecule has 0 radical (unpaired) electrons. The molecule has 0 fully saturated rings. The van der Waals surface area contributed by atoms with E-state index in [4.69, 9.17) is 9.47 Å². The first-order valence-corrected chi connectivity index (χ1v) is 8.61. The maximum atomic E-state index is 12.9. The highest BCUT2D eigenvalue weighted by molar-refractivity contribution is 5.96. The van der Waals surface area contributed by atoms with Crippen molar-refractivity contribution in [3.63, 3.8) is 0 Å². The molecule has 0 aromatic heterocycles. The lowest BCUT2D eigenvalue weighted by Gasteiger charge is -2.15. The molecular weight excluding hydrogens is 391 g/mol. The summed E-state index contributed by atoms with van der Waals surface area (Å²) >= 11 is 0. The second kappa shape index (κ2) is 9.72. The van der Waals surface area contributed by atoms with Gasteiger partial charge in [0.1, 0.15) is 12.0 Å². The molecule has 154 valence electrons. The number of anilines is 1. The standard InChI is InChI=1S/C20H18F3NO5/c1-2-9-28-17-8-7-15(20(21,22)23)10-16(17)24-18(26)12-29-19(27)14-5-3-13(11-25)4-6-14/h3-8,10-11H,2,9,12H2,1H3,(H,24,26). The molecule has 0 bridgehead atoms. The molecule has 0 aliphatic carbocycles. The summed E-state index contributed by atoms with van der Waals surface area (Å²) in [5.74, 6) is -1.57. The highest BCUT2D eigenvalue weighted by atomic mass is 19.4. The molecule has 0 aliphatic heterocycles. The maximum absolute atomic E-state index is 12.9. The van der Waals surface area contributed by atoms with Gasteiger partial charge in [-0.15, -0.1) is 0 Å². The third-order valence-electron chi connectivity index (χ3n) is 3.66. The number of aldehydes is 1. The molecule has 0 unspecified atom stereocenters. The molecular formula is C20H18F3NO5. The first-order valence-electron chi connectivity index (χ1n) is 8.61. The van der Waals surface area contributed by atoms with Crippen molar-refractivity contribution in [2.75, 3.05) is 18.5 Å². The number of rotatable bonds is 8. The van der Waals surface area contributed by atoms with E-state index in [0.29, 0.717) is 18.3 Å². The van der Waals surface area contributed by atoms with Gasteiger partial charge in [-0.3, -0.25) is 9.59 Å². The van der Waals surface area contributed by atoms with Crippen molar-refractivity contribution in [1.29, 1.82) is 0 Å². The lowest BCUT2D eigenvalue weighted by molar-refractivity contribution is -0.137. The predicted molar refractivity (Wildman–Crippen MR) is 98.0 cm³/mol. The molecule has 2 rings (SSSR count). The van der Waals surface area contributed by atoms with Crippen LogP contribution >= 0.6 is 0 Å². The summed E-state index contributed by atoms with van der Waals surface area (Å²) in [5.41, 5.74) is -0.647. The van der Waals surface area contributed by atoms with Gasteiger partial charge in [-0.1, -0.05) is 19.1 Å². The quantitative estimate of drug-likeness (QED) is 0.524. The number of hydrogen-bond acceptors (Lipinski definition) is 5. The van der Waals surface area contributed by atoms with Gasteiger partial charge in [-0.25, -0.2) is 4.79 Å². The van der Waals surface area contributed by atoms with Gasteiger partial charge in [-0.05, 0) is 36.8 Å². The summed E-state index contributed by atoms with van der Waals surface area (Å²) < 4.78 is 49.0. The molecule has 0 heterocycles. The zero-order valence-electron chi connectivity index (χ0n) is 15.4. The van der Waals surface area contributed by atoms with Crippen LogP contribution < -0.4 is 10.1 Å². The molecule has 9 heteroatoms. The lowest BCUT2D eigenvalue weighted by Crippen LogP contribution is -2.21. The molecule has 0 saturated heterocycles. The Morgan fingerprint density at radius 2 is 1.79 bits per heavy atom. The lowest BCUT2D eigenvalue weighted by atomic mass is 10.1. The van der Waals surface area contributed by atoms with Crippen LogP contribution in [0, 0.1) is 0 Å². The van der Waals surface area contributed by atoms with Gasteiger partial charge < -0.3 is 14.8 Å². The van der Waals surface area contributed by atoms with E-state index < -0.39 is 30.2 Å². The number of esters is 1. The van der Waals surface area contributed by atoms with Gasteiger partial charge >= 0.3 is 12.1 Å². The second-order valence-electron chi connectivity index (χ2n) is 5.92. The molecule has 0 aliphatic rings. The predicted octanol–water partition coefficient (Wildman–Crippen LogP) is 4.10. The van der Waals surface area contributed by atoms with Crippen LogP contribution in [0.25, 0.3) is 0 Å². The molecule has 29 heavy (non-hydrogen) atoms. The van der Waals surface area contributed by atoms with Crippen molar-refractivity contribution in [2.45, 2.75) is 19.5 Å². The Kier molecular flexibility index (Phi) is 7.35. The highest BCUT2D eigenvalue weighted by Gasteiger charge is 2.31. The van der Waals surface area contributed by atoms with Crippen molar-refractivity contribution >= 4 is 23.9 Å². The molecule has 0 atom stereocenters. The maximum Gasteiger partial charge on any atom is 0.416 e. The largest absolute Gasteiger partial charge is 0.491 e. The van der Waals surface area contributed by atoms with E-state index >= 15 is 0 Å². The van der Waals surface area contributed by atoms with Crippen LogP contribution in [0.5, 0.6) is 5.75 Å². The van der Waals surface area contributed by atoms with Crippen molar-refractivity contribution in [3.05, 3.63) is 59.2 Å². The first-order chi connectivity index (χ1) is 13.7. The fourth-order valence-corrected chi connectivity index (χ4v) is 2.24. The number of hydrogen-bond donors (Lipinski definition) is 1. The number of halogens is 3. The molecule has 6 nitrogen and oxygen atoms in total. The Balaban J connectivity index is 2.05. The number of carbonyl (C=O) groups excluding carboxylic acids is 3. The van der Waals surface area contributed by atoms with E-state index in [0.717, 1.165) is 18.2 Å². The number of carbonyl (C=O) groups is 3. The van der Waals surface area contributed by atoms with E-state index in [-0.39, 0.29) is 23.6 Å². The summed E-state index contributed by atoms with van der Waals surface area (Å²) in [6.07, 6.45) is -3.37. The minimum Gasteiger partial charge on any atom is -0.491 e. The molecule has 0 saturated carbocycles. The third kappa shape index (κ3) is 6.34.